The largest absolute Gasteiger partial charge is 0.466 e. The van der Waals surface area contributed by atoms with E-state index in [1.807, 2.05) is 38.2 Å². The van der Waals surface area contributed by atoms with Crippen LogP contribution in [0, 0.1) is 5.92 Å². The zero-order valence-corrected chi connectivity index (χ0v) is 16.4. The van der Waals surface area contributed by atoms with E-state index in [1.165, 1.54) is 0 Å². The van der Waals surface area contributed by atoms with Crippen molar-refractivity contribution in [3.05, 3.63) is 36.0 Å². The molecule has 5 nitrogen and oxygen atoms in total. The van der Waals surface area contributed by atoms with Crippen molar-refractivity contribution in [3.8, 4) is 0 Å². The lowest BCUT2D eigenvalue weighted by molar-refractivity contribution is -0.149. The normalized spacial score (nSPS) is 15.9. The van der Waals surface area contributed by atoms with Crippen LogP contribution in [0.5, 0.6) is 0 Å². The Hall–Kier alpha value is -2.14. The molecule has 0 atom stereocenters. The Bertz CT molecular complexity index is 788. The first-order valence-electron chi connectivity index (χ1n) is 10.1. The van der Waals surface area contributed by atoms with Gasteiger partial charge in [-0.1, -0.05) is 25.1 Å². The van der Waals surface area contributed by atoms with E-state index >= 15 is 0 Å². The molecular weight excluding hydrogens is 340 g/mol. The van der Waals surface area contributed by atoms with Crippen LogP contribution in [-0.4, -0.2) is 47.5 Å². The van der Waals surface area contributed by atoms with Crippen molar-refractivity contribution < 1.29 is 14.3 Å². The molecule has 0 aliphatic carbocycles. The molecule has 1 aliphatic heterocycles. The molecule has 0 radical (unpaired) electrons. The van der Waals surface area contributed by atoms with Crippen LogP contribution in [-0.2, 0) is 16.1 Å². The molecule has 1 saturated heterocycles. The number of hydrogen-bond acceptors (Lipinski definition) is 4. The molecule has 1 aliphatic rings. The van der Waals surface area contributed by atoms with Gasteiger partial charge in [0.25, 0.3) is 0 Å². The Morgan fingerprint density at radius 2 is 1.85 bits per heavy atom. The van der Waals surface area contributed by atoms with Gasteiger partial charge in [-0.15, -0.1) is 0 Å². The zero-order chi connectivity index (χ0) is 19.2. The highest BCUT2D eigenvalue weighted by Crippen LogP contribution is 2.23. The van der Waals surface area contributed by atoms with Gasteiger partial charge in [0.05, 0.1) is 12.5 Å². The molecule has 146 valence electrons. The number of para-hydroxylation sites is 1. The summed E-state index contributed by atoms with van der Waals surface area (Å²) in [5, 5.41) is 1.06. The number of benzene rings is 1. The minimum absolute atomic E-state index is 0.0379. The van der Waals surface area contributed by atoms with Gasteiger partial charge < -0.3 is 14.2 Å². The van der Waals surface area contributed by atoms with Crippen LogP contribution in [0.1, 0.15) is 49.9 Å². The van der Waals surface area contributed by atoms with E-state index in [4.69, 9.17) is 4.74 Å². The smallest absolute Gasteiger partial charge is 0.309 e. The third-order valence-electron chi connectivity index (χ3n) is 5.49. The Labute approximate surface area is 161 Å². The van der Waals surface area contributed by atoms with Gasteiger partial charge in [-0.25, -0.2) is 0 Å². The number of fused-ring (bicyclic) bond motifs is 1. The van der Waals surface area contributed by atoms with Crippen molar-refractivity contribution in [2.24, 2.45) is 5.92 Å². The van der Waals surface area contributed by atoms with Gasteiger partial charge in [-0.2, -0.15) is 0 Å². The van der Waals surface area contributed by atoms with E-state index in [1.54, 1.807) is 0 Å². The summed E-state index contributed by atoms with van der Waals surface area (Å²) >= 11 is 0. The summed E-state index contributed by atoms with van der Waals surface area (Å²) < 4.78 is 7.35. The topological polar surface area (TPSA) is 51.5 Å². The molecular formula is C22H30N2O3. The lowest BCUT2D eigenvalue weighted by atomic mass is 9.97. The molecule has 27 heavy (non-hydrogen) atoms. The van der Waals surface area contributed by atoms with Crippen LogP contribution >= 0.6 is 0 Å². The predicted molar refractivity (Wildman–Crippen MR) is 107 cm³/mol. The van der Waals surface area contributed by atoms with E-state index < -0.39 is 0 Å². The first kappa shape index (κ1) is 19.6. The number of hydrogen-bond donors (Lipinski definition) is 0. The molecule has 1 fully saturated rings. The maximum absolute atomic E-state index is 12.2. The average Bonchev–Trinajstić information content (AvgIpc) is 3.07. The second-order valence-electron chi connectivity index (χ2n) is 7.25. The summed E-state index contributed by atoms with van der Waals surface area (Å²) in [7, 11) is 0. The third kappa shape index (κ3) is 4.59. The molecule has 1 aromatic heterocycles. The molecule has 0 spiro atoms. The number of esters is 1. The van der Waals surface area contributed by atoms with Crippen LogP contribution in [0.3, 0.4) is 0 Å². The molecule has 5 heteroatoms. The summed E-state index contributed by atoms with van der Waals surface area (Å²) in [4.78, 5) is 26.5. The molecule has 0 saturated carbocycles. The molecule has 0 unspecified atom stereocenters. The Balaban J connectivity index is 1.54. The molecule has 0 amide bonds. The fourth-order valence-electron chi connectivity index (χ4n) is 3.96. The second-order valence-corrected chi connectivity index (χ2v) is 7.25. The quantitative estimate of drug-likeness (QED) is 0.522. The van der Waals surface area contributed by atoms with Crippen LogP contribution in [0.15, 0.2) is 30.5 Å². The number of ketones is 1. The van der Waals surface area contributed by atoms with Crippen molar-refractivity contribution >= 4 is 22.7 Å². The number of ether oxygens (including phenoxy) is 1. The predicted octanol–water partition coefficient (Wildman–Crippen LogP) is 3.90. The molecule has 0 bridgehead atoms. The van der Waals surface area contributed by atoms with E-state index in [9.17, 15) is 9.59 Å². The number of Topliss-reactive ketones (excluding diaryl/α,β-unsaturated/α-hetero) is 1. The van der Waals surface area contributed by atoms with Crippen LogP contribution in [0.25, 0.3) is 10.9 Å². The fourth-order valence-corrected chi connectivity index (χ4v) is 3.96. The Morgan fingerprint density at radius 3 is 2.56 bits per heavy atom. The second kappa shape index (κ2) is 9.18. The summed E-state index contributed by atoms with van der Waals surface area (Å²) in [5.74, 6) is 0.229. The van der Waals surface area contributed by atoms with Gasteiger partial charge in [0, 0.05) is 35.6 Å². The lowest BCUT2D eigenvalue weighted by Gasteiger charge is -2.30. The summed E-state index contributed by atoms with van der Waals surface area (Å²) in [6, 6.07) is 8.15. The maximum atomic E-state index is 12.2. The number of carbonyl (C=O) groups excluding carboxylic acids is 2. The first-order valence-corrected chi connectivity index (χ1v) is 10.1. The van der Waals surface area contributed by atoms with Crippen molar-refractivity contribution in [2.75, 3.05) is 26.2 Å². The number of carbonyl (C=O) groups is 2. The molecule has 2 heterocycles. The van der Waals surface area contributed by atoms with E-state index in [0.717, 1.165) is 61.9 Å². The molecule has 3 rings (SSSR count). The SMILES string of the molecule is CCOC(=O)C1CCN(CCCn2cc(C(=O)CC)c3ccccc32)CC1. The zero-order valence-electron chi connectivity index (χ0n) is 16.4. The van der Waals surface area contributed by atoms with Crippen LogP contribution < -0.4 is 0 Å². The van der Waals surface area contributed by atoms with E-state index in [2.05, 4.69) is 15.5 Å². The van der Waals surface area contributed by atoms with Crippen molar-refractivity contribution in [1.82, 2.24) is 9.47 Å². The maximum Gasteiger partial charge on any atom is 0.309 e. The number of aryl methyl sites for hydroxylation is 1. The summed E-state index contributed by atoms with van der Waals surface area (Å²) in [6.45, 7) is 8.05. The number of piperidine rings is 1. The molecule has 0 N–H and O–H groups in total. The third-order valence-corrected chi connectivity index (χ3v) is 5.49. The minimum atomic E-state index is -0.0379. The molecule has 2 aromatic rings. The summed E-state index contributed by atoms with van der Waals surface area (Å²) in [5.41, 5.74) is 1.97. The van der Waals surface area contributed by atoms with Gasteiger partial charge in [0.2, 0.25) is 0 Å². The highest BCUT2D eigenvalue weighted by molar-refractivity contribution is 6.07. The number of nitrogens with zero attached hydrogens (tertiary/aromatic N) is 2. The van der Waals surface area contributed by atoms with E-state index in [-0.39, 0.29) is 17.7 Å². The van der Waals surface area contributed by atoms with Crippen LogP contribution in [0.4, 0.5) is 0 Å². The molecule has 1 aromatic carbocycles. The van der Waals surface area contributed by atoms with Crippen molar-refractivity contribution in [3.63, 3.8) is 0 Å². The number of likely N-dealkylation sites (tertiary alicyclic amines) is 1. The monoisotopic (exact) mass is 370 g/mol. The standard InChI is InChI=1S/C22H30N2O3/c1-3-21(25)19-16-24(20-9-6-5-8-18(19)20)13-7-12-23-14-10-17(11-15-23)22(26)27-4-2/h5-6,8-9,16-17H,3-4,7,10-15H2,1-2H3. The number of rotatable bonds is 8. The van der Waals surface area contributed by atoms with Crippen molar-refractivity contribution in [1.29, 1.82) is 0 Å². The Morgan fingerprint density at radius 1 is 1.11 bits per heavy atom. The van der Waals surface area contributed by atoms with E-state index in [0.29, 0.717) is 13.0 Å². The number of aromatic nitrogens is 1. The van der Waals surface area contributed by atoms with Crippen LogP contribution in [0.2, 0.25) is 0 Å². The first-order chi connectivity index (χ1) is 13.1. The van der Waals surface area contributed by atoms with Gasteiger partial charge in [0.15, 0.2) is 5.78 Å². The summed E-state index contributed by atoms with van der Waals surface area (Å²) in [6.07, 6.45) is 5.36. The highest BCUT2D eigenvalue weighted by atomic mass is 16.5. The minimum Gasteiger partial charge on any atom is -0.466 e. The fraction of sp³-hybridized carbons (Fsp3) is 0.545. The van der Waals surface area contributed by atoms with Gasteiger partial charge in [-0.05, 0) is 51.9 Å². The van der Waals surface area contributed by atoms with Gasteiger partial charge in [-0.3, -0.25) is 9.59 Å². The Kier molecular flexibility index (Phi) is 6.67. The lowest BCUT2D eigenvalue weighted by Crippen LogP contribution is -2.37. The van der Waals surface area contributed by atoms with Gasteiger partial charge >= 0.3 is 5.97 Å². The van der Waals surface area contributed by atoms with Crippen molar-refractivity contribution in [2.45, 2.75) is 46.1 Å². The highest BCUT2D eigenvalue weighted by Gasteiger charge is 2.25. The van der Waals surface area contributed by atoms with Gasteiger partial charge in [0.1, 0.15) is 0 Å². The average molecular weight is 370 g/mol.